The molecule has 0 atom stereocenters. The van der Waals surface area contributed by atoms with Crippen molar-refractivity contribution < 1.29 is 0 Å². The van der Waals surface area contributed by atoms with Gasteiger partial charge in [-0.2, -0.15) is 5.10 Å². The summed E-state index contributed by atoms with van der Waals surface area (Å²) in [5.74, 6) is 0. The van der Waals surface area contributed by atoms with E-state index in [0.29, 0.717) is 11.0 Å². The van der Waals surface area contributed by atoms with Crippen LogP contribution in [0, 0.1) is 0 Å². The lowest BCUT2D eigenvalue weighted by molar-refractivity contribution is 0.306. The molecule has 1 aliphatic carbocycles. The number of hydrogen-bond donors (Lipinski definition) is 1. The molecule has 0 amide bonds. The standard InChI is InChI=1S/C11H16BrN3O/c1-3-15-10(16)9(12)8(7-13-15)14-11(2)5-4-6-11/h7,14H,3-6H2,1-2H3. The second-order valence-corrected chi connectivity index (χ2v) is 5.33. The molecule has 0 aliphatic heterocycles. The molecule has 2 rings (SSSR count). The Labute approximate surface area is 103 Å². The molecule has 0 radical (unpaired) electrons. The average Bonchev–Trinajstić information content (AvgIpc) is 2.23. The molecule has 4 nitrogen and oxygen atoms in total. The summed E-state index contributed by atoms with van der Waals surface area (Å²) < 4.78 is 2.02. The molecule has 0 aromatic carbocycles. The Kier molecular flexibility index (Phi) is 3.06. The van der Waals surface area contributed by atoms with Gasteiger partial charge in [0.1, 0.15) is 4.47 Å². The minimum absolute atomic E-state index is 0.0737. The van der Waals surface area contributed by atoms with E-state index in [1.165, 1.54) is 11.1 Å². The third-order valence-corrected chi connectivity index (χ3v) is 3.94. The van der Waals surface area contributed by atoms with Crippen molar-refractivity contribution in [3.05, 3.63) is 21.0 Å². The highest BCUT2D eigenvalue weighted by molar-refractivity contribution is 9.10. The van der Waals surface area contributed by atoms with Gasteiger partial charge in [-0.3, -0.25) is 4.79 Å². The van der Waals surface area contributed by atoms with Crippen molar-refractivity contribution >= 4 is 21.6 Å². The quantitative estimate of drug-likeness (QED) is 0.928. The number of anilines is 1. The molecule has 1 aromatic heterocycles. The Bertz CT molecular complexity index is 451. The first-order valence-electron chi connectivity index (χ1n) is 5.59. The van der Waals surface area contributed by atoms with Crippen LogP contribution in [0.4, 0.5) is 5.69 Å². The third kappa shape index (κ3) is 2.00. The van der Waals surface area contributed by atoms with E-state index in [2.05, 4.69) is 33.3 Å². The fourth-order valence-corrected chi connectivity index (χ4v) is 2.34. The van der Waals surface area contributed by atoms with Crippen molar-refractivity contribution in [3.8, 4) is 0 Å². The van der Waals surface area contributed by atoms with Crippen LogP contribution < -0.4 is 10.9 Å². The van der Waals surface area contributed by atoms with Crippen molar-refractivity contribution in [1.82, 2.24) is 9.78 Å². The van der Waals surface area contributed by atoms with Crippen molar-refractivity contribution in [1.29, 1.82) is 0 Å². The molecule has 0 saturated heterocycles. The molecular weight excluding hydrogens is 270 g/mol. The van der Waals surface area contributed by atoms with Gasteiger partial charge >= 0.3 is 0 Å². The molecule has 16 heavy (non-hydrogen) atoms. The number of nitrogens with zero attached hydrogens (tertiary/aromatic N) is 2. The Hall–Kier alpha value is -0.840. The van der Waals surface area contributed by atoms with Crippen LogP contribution in [0.25, 0.3) is 0 Å². The largest absolute Gasteiger partial charge is 0.378 e. The van der Waals surface area contributed by atoms with Gasteiger partial charge in [-0.15, -0.1) is 0 Å². The summed E-state index contributed by atoms with van der Waals surface area (Å²) in [4.78, 5) is 11.8. The molecule has 1 aliphatic rings. The van der Waals surface area contributed by atoms with Crippen LogP contribution in [0.2, 0.25) is 0 Å². The van der Waals surface area contributed by atoms with Crippen LogP contribution in [-0.4, -0.2) is 15.3 Å². The SMILES string of the molecule is CCn1ncc(NC2(C)CCC2)c(Br)c1=O. The Morgan fingerprint density at radius 3 is 2.81 bits per heavy atom. The van der Waals surface area contributed by atoms with Gasteiger partial charge in [0.15, 0.2) is 0 Å². The molecule has 5 heteroatoms. The lowest BCUT2D eigenvalue weighted by Gasteiger charge is -2.40. The number of halogens is 1. The summed E-state index contributed by atoms with van der Waals surface area (Å²) >= 11 is 3.34. The van der Waals surface area contributed by atoms with Gasteiger partial charge in [0.05, 0.1) is 11.9 Å². The van der Waals surface area contributed by atoms with Crippen LogP contribution in [0.5, 0.6) is 0 Å². The maximum Gasteiger partial charge on any atom is 0.283 e. The predicted molar refractivity (Wildman–Crippen MR) is 67.7 cm³/mol. The second-order valence-electron chi connectivity index (χ2n) is 4.53. The Morgan fingerprint density at radius 1 is 1.62 bits per heavy atom. The summed E-state index contributed by atoms with van der Waals surface area (Å²) in [6.07, 6.45) is 5.27. The van der Waals surface area contributed by atoms with Crippen LogP contribution in [0.15, 0.2) is 15.5 Å². The van der Waals surface area contributed by atoms with Crippen LogP contribution >= 0.6 is 15.9 Å². The third-order valence-electron chi connectivity index (χ3n) is 3.18. The van der Waals surface area contributed by atoms with Gasteiger partial charge in [-0.1, -0.05) is 0 Å². The summed E-state index contributed by atoms with van der Waals surface area (Å²) in [6, 6.07) is 0. The minimum atomic E-state index is -0.0737. The minimum Gasteiger partial charge on any atom is -0.378 e. The highest BCUT2D eigenvalue weighted by Crippen LogP contribution is 2.35. The first-order valence-corrected chi connectivity index (χ1v) is 6.39. The normalized spacial score (nSPS) is 17.9. The first-order chi connectivity index (χ1) is 7.56. The van der Waals surface area contributed by atoms with E-state index in [4.69, 9.17) is 0 Å². The number of aromatic nitrogens is 2. The topological polar surface area (TPSA) is 46.9 Å². The fourth-order valence-electron chi connectivity index (χ4n) is 1.93. The molecule has 1 heterocycles. The number of hydrogen-bond acceptors (Lipinski definition) is 3. The van der Waals surface area contributed by atoms with E-state index in [-0.39, 0.29) is 11.1 Å². The number of aryl methyl sites for hydroxylation is 1. The smallest absolute Gasteiger partial charge is 0.283 e. The lowest BCUT2D eigenvalue weighted by atomic mass is 9.78. The highest BCUT2D eigenvalue weighted by Gasteiger charge is 2.32. The van der Waals surface area contributed by atoms with Gasteiger partial charge in [-0.05, 0) is 49.0 Å². The van der Waals surface area contributed by atoms with Gasteiger partial charge in [-0.25, -0.2) is 4.68 Å². The zero-order valence-corrected chi connectivity index (χ0v) is 11.2. The van der Waals surface area contributed by atoms with E-state index >= 15 is 0 Å². The average molecular weight is 286 g/mol. The molecule has 0 spiro atoms. The summed E-state index contributed by atoms with van der Waals surface area (Å²) in [6.45, 7) is 4.67. The molecule has 88 valence electrons. The molecule has 1 saturated carbocycles. The fraction of sp³-hybridized carbons (Fsp3) is 0.636. The van der Waals surface area contributed by atoms with Crippen molar-refractivity contribution in [2.24, 2.45) is 0 Å². The molecule has 1 N–H and O–H groups in total. The van der Waals surface area contributed by atoms with Crippen molar-refractivity contribution in [3.63, 3.8) is 0 Å². The zero-order valence-electron chi connectivity index (χ0n) is 9.59. The van der Waals surface area contributed by atoms with Gasteiger partial charge < -0.3 is 5.32 Å². The number of rotatable bonds is 3. The van der Waals surface area contributed by atoms with Crippen molar-refractivity contribution in [2.75, 3.05) is 5.32 Å². The monoisotopic (exact) mass is 285 g/mol. The molecule has 1 fully saturated rings. The zero-order chi connectivity index (χ0) is 11.8. The summed E-state index contributed by atoms with van der Waals surface area (Å²) in [5.41, 5.74) is 0.863. The Balaban J connectivity index is 2.29. The molecule has 0 bridgehead atoms. The van der Waals surface area contributed by atoms with E-state index in [0.717, 1.165) is 18.5 Å². The Morgan fingerprint density at radius 2 is 2.31 bits per heavy atom. The van der Waals surface area contributed by atoms with E-state index in [1.54, 1.807) is 6.20 Å². The maximum atomic E-state index is 11.8. The van der Waals surface area contributed by atoms with Crippen LogP contribution in [0.1, 0.15) is 33.1 Å². The second kappa shape index (κ2) is 4.20. The molecule has 0 unspecified atom stereocenters. The maximum absolute atomic E-state index is 11.8. The summed E-state index contributed by atoms with van der Waals surface area (Å²) in [5, 5.41) is 7.50. The number of nitrogens with one attached hydrogen (secondary N) is 1. The van der Waals surface area contributed by atoms with E-state index in [9.17, 15) is 4.79 Å². The first kappa shape index (κ1) is 11.6. The summed E-state index contributed by atoms with van der Waals surface area (Å²) in [7, 11) is 0. The van der Waals surface area contributed by atoms with Crippen LogP contribution in [-0.2, 0) is 6.54 Å². The van der Waals surface area contributed by atoms with E-state index in [1.807, 2.05) is 6.92 Å². The molecule has 1 aromatic rings. The highest BCUT2D eigenvalue weighted by atomic mass is 79.9. The van der Waals surface area contributed by atoms with Gasteiger partial charge in [0.2, 0.25) is 0 Å². The van der Waals surface area contributed by atoms with E-state index < -0.39 is 0 Å². The van der Waals surface area contributed by atoms with Gasteiger partial charge in [0, 0.05) is 12.1 Å². The predicted octanol–water partition coefficient (Wildman–Crippen LogP) is 2.38. The van der Waals surface area contributed by atoms with Crippen LogP contribution in [0.3, 0.4) is 0 Å². The van der Waals surface area contributed by atoms with Crippen molar-refractivity contribution in [2.45, 2.75) is 45.2 Å². The van der Waals surface area contributed by atoms with Gasteiger partial charge in [0.25, 0.3) is 5.56 Å². The lowest BCUT2D eigenvalue weighted by Crippen LogP contribution is -2.42. The molecular formula is C11H16BrN3O.